The molecule has 0 aliphatic carbocycles. The van der Waals surface area contributed by atoms with Crippen LogP contribution in [0.2, 0.25) is 0 Å². The number of rotatable bonds is 17. The van der Waals surface area contributed by atoms with Gasteiger partial charge in [-0.25, -0.2) is 4.79 Å². The lowest BCUT2D eigenvalue weighted by Crippen LogP contribution is -2.58. The summed E-state index contributed by atoms with van der Waals surface area (Å²) in [5.41, 5.74) is 11.1. The largest absolute Gasteiger partial charge is 0.480 e. The molecule has 0 saturated heterocycles. The molecule has 0 fully saturated rings. The van der Waals surface area contributed by atoms with Crippen molar-refractivity contribution in [1.82, 2.24) is 16.0 Å². The van der Waals surface area contributed by atoms with Gasteiger partial charge in [-0.2, -0.15) is 23.5 Å². The molecule has 0 aromatic heterocycles. The van der Waals surface area contributed by atoms with Crippen molar-refractivity contribution in [2.45, 2.75) is 63.7 Å². The summed E-state index contributed by atoms with van der Waals surface area (Å²) in [6, 6.07) is -4.37. The molecule has 33 heavy (non-hydrogen) atoms. The molecule has 5 unspecified atom stereocenters. The van der Waals surface area contributed by atoms with E-state index in [1.54, 1.807) is 25.6 Å². The van der Waals surface area contributed by atoms with Crippen LogP contribution in [-0.2, 0) is 24.0 Å². The minimum atomic E-state index is -1.39. The van der Waals surface area contributed by atoms with Crippen molar-refractivity contribution in [2.75, 3.05) is 24.0 Å². The quantitative estimate of drug-likeness (QED) is 0.147. The van der Waals surface area contributed by atoms with Crippen LogP contribution in [0, 0.1) is 5.92 Å². The molecule has 0 aliphatic heterocycles. The summed E-state index contributed by atoms with van der Waals surface area (Å²) in [5.74, 6) is -3.27. The van der Waals surface area contributed by atoms with E-state index in [9.17, 15) is 29.1 Å². The van der Waals surface area contributed by atoms with E-state index >= 15 is 0 Å². The van der Waals surface area contributed by atoms with E-state index in [4.69, 9.17) is 11.5 Å². The van der Waals surface area contributed by atoms with Crippen LogP contribution in [0.3, 0.4) is 0 Å². The Morgan fingerprint density at radius 3 is 1.88 bits per heavy atom. The van der Waals surface area contributed by atoms with Crippen molar-refractivity contribution in [2.24, 2.45) is 17.4 Å². The van der Waals surface area contributed by atoms with Crippen LogP contribution in [0.15, 0.2) is 0 Å². The van der Waals surface area contributed by atoms with Gasteiger partial charge in [-0.1, -0.05) is 20.3 Å². The van der Waals surface area contributed by atoms with Crippen molar-refractivity contribution >= 4 is 53.1 Å². The van der Waals surface area contributed by atoms with Gasteiger partial charge in [-0.05, 0) is 42.8 Å². The van der Waals surface area contributed by atoms with Crippen LogP contribution < -0.4 is 27.4 Å². The van der Waals surface area contributed by atoms with Crippen molar-refractivity contribution in [3.8, 4) is 0 Å². The molecule has 0 radical (unpaired) electrons. The number of hydrogen-bond donors (Lipinski definition) is 6. The summed E-state index contributed by atoms with van der Waals surface area (Å²) < 4.78 is 0. The maximum atomic E-state index is 12.9. The first-order valence-corrected chi connectivity index (χ1v) is 13.4. The minimum absolute atomic E-state index is 0.267. The number of nitrogens with one attached hydrogen (secondary N) is 3. The molecule has 0 rings (SSSR count). The second-order valence-corrected chi connectivity index (χ2v) is 9.64. The maximum Gasteiger partial charge on any atom is 0.326 e. The number of thioether (sulfide) groups is 2. The Morgan fingerprint density at radius 1 is 0.879 bits per heavy atom. The van der Waals surface area contributed by atoms with E-state index in [-0.39, 0.29) is 12.3 Å². The van der Waals surface area contributed by atoms with Gasteiger partial charge in [0.1, 0.15) is 18.1 Å². The molecule has 0 saturated carbocycles. The summed E-state index contributed by atoms with van der Waals surface area (Å²) in [5, 5.41) is 16.8. The highest BCUT2D eigenvalue weighted by Crippen LogP contribution is 2.09. The number of carbonyl (C=O) groups excluding carboxylic acids is 4. The second-order valence-electron chi connectivity index (χ2n) is 7.67. The van der Waals surface area contributed by atoms with E-state index in [1.165, 1.54) is 11.8 Å². The Morgan fingerprint density at radius 2 is 1.39 bits per heavy atom. The van der Waals surface area contributed by atoms with E-state index in [2.05, 4.69) is 16.0 Å². The third-order valence-corrected chi connectivity index (χ3v) is 6.32. The van der Waals surface area contributed by atoms with Gasteiger partial charge in [0.05, 0.1) is 12.5 Å². The first-order chi connectivity index (χ1) is 15.5. The fourth-order valence-corrected chi connectivity index (χ4v) is 3.74. The molecule has 13 heteroatoms. The topological polar surface area (TPSA) is 194 Å². The molecule has 11 nitrogen and oxygen atoms in total. The van der Waals surface area contributed by atoms with Gasteiger partial charge in [0.2, 0.25) is 23.6 Å². The first-order valence-electron chi connectivity index (χ1n) is 10.6. The number of nitrogens with two attached hydrogens (primary N) is 2. The summed E-state index contributed by atoms with van der Waals surface area (Å²) in [6.07, 6.45) is 4.39. The lowest BCUT2D eigenvalue weighted by Gasteiger charge is -2.26. The average Bonchev–Trinajstić information content (AvgIpc) is 2.76. The van der Waals surface area contributed by atoms with Crippen LogP contribution in [0.5, 0.6) is 0 Å². The third-order valence-electron chi connectivity index (χ3n) is 5.03. The van der Waals surface area contributed by atoms with Crippen LogP contribution in [0.25, 0.3) is 0 Å². The molecule has 0 spiro atoms. The smallest absolute Gasteiger partial charge is 0.326 e. The fraction of sp³-hybridized carbons (Fsp3) is 0.750. The van der Waals surface area contributed by atoms with Gasteiger partial charge in [0.15, 0.2) is 0 Å². The lowest BCUT2D eigenvalue weighted by molar-refractivity contribution is -0.144. The van der Waals surface area contributed by atoms with Crippen molar-refractivity contribution in [1.29, 1.82) is 0 Å². The summed E-state index contributed by atoms with van der Waals surface area (Å²) >= 11 is 3.01. The van der Waals surface area contributed by atoms with Gasteiger partial charge in [0, 0.05) is 0 Å². The standard InChI is InChI=1S/C20H37N5O6S2/c1-5-11(2)16(20(30)31)25-19(29)14(10-15(22)26)24-18(28)13(7-9-33-4)23-17(27)12(21)6-8-32-3/h11-14,16H,5-10,21H2,1-4H3,(H2,22,26)(H,23,27)(H,24,28)(H,25,29)(H,30,31). The van der Waals surface area contributed by atoms with Crippen LogP contribution in [0.4, 0.5) is 0 Å². The molecule has 0 aliphatic rings. The molecule has 5 atom stereocenters. The zero-order chi connectivity index (χ0) is 25.6. The summed E-state index contributed by atoms with van der Waals surface area (Å²) in [4.78, 5) is 61.1. The monoisotopic (exact) mass is 507 g/mol. The third kappa shape index (κ3) is 12.2. The number of amides is 4. The molecule has 190 valence electrons. The second kappa shape index (κ2) is 16.6. The summed E-state index contributed by atoms with van der Waals surface area (Å²) in [7, 11) is 0. The van der Waals surface area contributed by atoms with E-state index in [1.807, 2.05) is 12.5 Å². The van der Waals surface area contributed by atoms with Crippen molar-refractivity contribution < 1.29 is 29.1 Å². The molecular formula is C20H37N5O6S2. The Labute approximate surface area is 203 Å². The highest BCUT2D eigenvalue weighted by atomic mass is 32.2. The van der Waals surface area contributed by atoms with E-state index < -0.39 is 60.2 Å². The summed E-state index contributed by atoms with van der Waals surface area (Å²) in [6.45, 7) is 3.44. The number of hydrogen-bond acceptors (Lipinski definition) is 8. The minimum Gasteiger partial charge on any atom is -0.480 e. The first kappa shape index (κ1) is 31.0. The van der Waals surface area contributed by atoms with Crippen LogP contribution >= 0.6 is 23.5 Å². The zero-order valence-corrected chi connectivity index (χ0v) is 21.2. The highest BCUT2D eigenvalue weighted by molar-refractivity contribution is 7.98. The van der Waals surface area contributed by atoms with E-state index in [0.717, 1.165) is 0 Å². The lowest BCUT2D eigenvalue weighted by atomic mass is 9.98. The molecule has 4 amide bonds. The maximum absolute atomic E-state index is 12.9. The van der Waals surface area contributed by atoms with Crippen molar-refractivity contribution in [3.05, 3.63) is 0 Å². The van der Waals surface area contributed by atoms with Gasteiger partial charge >= 0.3 is 5.97 Å². The van der Waals surface area contributed by atoms with Crippen LogP contribution in [-0.4, -0.2) is 82.9 Å². The zero-order valence-electron chi connectivity index (χ0n) is 19.6. The number of carbonyl (C=O) groups is 5. The number of carboxylic acid groups (broad SMARTS) is 1. The fourth-order valence-electron chi connectivity index (χ4n) is 2.78. The van der Waals surface area contributed by atoms with Crippen LogP contribution in [0.1, 0.15) is 39.5 Å². The Bertz CT molecular complexity index is 681. The Balaban J connectivity index is 5.47. The molecule has 0 aromatic rings. The molecule has 0 aromatic carbocycles. The number of primary amides is 1. The number of carboxylic acids is 1. The number of aliphatic carboxylic acids is 1. The van der Waals surface area contributed by atoms with Gasteiger partial charge in [-0.3, -0.25) is 19.2 Å². The average molecular weight is 508 g/mol. The molecule has 0 heterocycles. The van der Waals surface area contributed by atoms with Gasteiger partial charge in [0.25, 0.3) is 0 Å². The van der Waals surface area contributed by atoms with Gasteiger partial charge in [-0.15, -0.1) is 0 Å². The van der Waals surface area contributed by atoms with E-state index in [0.29, 0.717) is 24.3 Å². The highest BCUT2D eigenvalue weighted by Gasteiger charge is 2.32. The predicted molar refractivity (Wildman–Crippen MR) is 131 cm³/mol. The van der Waals surface area contributed by atoms with Gasteiger partial charge < -0.3 is 32.5 Å². The Hall–Kier alpha value is -1.99. The SMILES string of the molecule is CCC(C)C(NC(=O)C(CC(N)=O)NC(=O)C(CCSC)NC(=O)C(N)CCSC)C(=O)O. The predicted octanol–water partition coefficient (Wildman–Crippen LogP) is -0.720. The molecular weight excluding hydrogens is 470 g/mol. The molecule has 8 N–H and O–H groups in total. The normalized spacial score (nSPS) is 15.4. The Kier molecular flexibility index (Phi) is 15.6. The molecule has 0 bridgehead atoms. The van der Waals surface area contributed by atoms with Crippen molar-refractivity contribution in [3.63, 3.8) is 0 Å².